The van der Waals surface area contributed by atoms with Crippen LogP contribution >= 0.6 is 11.3 Å². The van der Waals surface area contributed by atoms with E-state index in [1.54, 1.807) is 47.6 Å². The van der Waals surface area contributed by atoms with Gasteiger partial charge < -0.3 is 20.3 Å². The van der Waals surface area contributed by atoms with Gasteiger partial charge in [-0.3, -0.25) is 19.6 Å². The van der Waals surface area contributed by atoms with Crippen molar-refractivity contribution in [3.05, 3.63) is 71.8 Å². The first-order valence-corrected chi connectivity index (χ1v) is 14.8. The summed E-state index contributed by atoms with van der Waals surface area (Å²) in [7, 11) is 0. The normalized spacial score (nSPS) is 14.9. The molecule has 11 heteroatoms. The van der Waals surface area contributed by atoms with Gasteiger partial charge in [0, 0.05) is 50.9 Å². The lowest BCUT2D eigenvalue weighted by atomic mass is 10.0. The molecular formula is C31H30FN5O4S. The number of hydrogen-bond acceptors (Lipinski definition) is 7. The Morgan fingerprint density at radius 3 is 2.62 bits per heavy atom. The molecule has 1 aromatic carbocycles. The number of carbonyl (C=O) groups is 3. The minimum Gasteiger partial charge on any atom is -0.453 e. The van der Waals surface area contributed by atoms with E-state index in [4.69, 9.17) is 4.74 Å². The van der Waals surface area contributed by atoms with Gasteiger partial charge in [0.25, 0.3) is 5.91 Å². The molecule has 0 atom stereocenters. The highest BCUT2D eigenvalue weighted by molar-refractivity contribution is 7.22. The van der Waals surface area contributed by atoms with Crippen LogP contribution in [0.5, 0.6) is 11.5 Å². The van der Waals surface area contributed by atoms with Gasteiger partial charge in [-0.05, 0) is 61.6 Å². The Morgan fingerprint density at radius 2 is 1.90 bits per heavy atom. The van der Waals surface area contributed by atoms with Crippen LogP contribution in [0, 0.1) is 11.7 Å². The molecule has 3 amide bonds. The monoisotopic (exact) mass is 587 g/mol. The van der Waals surface area contributed by atoms with Crippen molar-refractivity contribution in [2.75, 3.05) is 19.6 Å². The van der Waals surface area contributed by atoms with Crippen LogP contribution in [0.15, 0.2) is 54.9 Å². The van der Waals surface area contributed by atoms with E-state index in [2.05, 4.69) is 20.6 Å². The lowest BCUT2D eigenvalue weighted by Crippen LogP contribution is -2.62. The Balaban J connectivity index is 1.11. The zero-order chi connectivity index (χ0) is 29.2. The molecule has 0 spiro atoms. The predicted molar refractivity (Wildman–Crippen MR) is 157 cm³/mol. The SMILES string of the molecule is CCNC(=O)NC1CN(C(=O)c2ccc(-c3cc4nccc(Oc5ccc(CC(=O)CC6CC6)cc5F)c4s3)nc2)C1. The lowest BCUT2D eigenvalue weighted by molar-refractivity contribution is -0.118. The van der Waals surface area contributed by atoms with E-state index in [0.717, 1.165) is 22.4 Å². The van der Waals surface area contributed by atoms with E-state index in [1.807, 2.05) is 13.0 Å². The highest BCUT2D eigenvalue weighted by Gasteiger charge is 2.32. The average Bonchev–Trinajstić information content (AvgIpc) is 3.65. The molecule has 0 radical (unpaired) electrons. The van der Waals surface area contributed by atoms with Crippen LogP contribution in [0.25, 0.3) is 20.8 Å². The summed E-state index contributed by atoms with van der Waals surface area (Å²) in [5, 5.41) is 5.51. The third-order valence-electron chi connectivity index (χ3n) is 7.31. The number of amides is 3. The molecule has 4 aromatic rings. The van der Waals surface area contributed by atoms with Crippen molar-refractivity contribution in [3.63, 3.8) is 0 Å². The summed E-state index contributed by atoms with van der Waals surface area (Å²) >= 11 is 1.41. The minimum atomic E-state index is -0.524. The van der Waals surface area contributed by atoms with E-state index < -0.39 is 5.82 Å². The Hall–Kier alpha value is -4.38. The molecule has 2 N–H and O–H groups in total. The predicted octanol–water partition coefficient (Wildman–Crippen LogP) is 5.34. The second-order valence-electron chi connectivity index (χ2n) is 10.7. The zero-order valence-corrected chi connectivity index (χ0v) is 23.9. The van der Waals surface area contributed by atoms with Gasteiger partial charge in [0.05, 0.1) is 32.4 Å². The molecule has 1 aliphatic heterocycles. The molecule has 216 valence electrons. The summed E-state index contributed by atoms with van der Waals surface area (Å²) < 4.78 is 21.6. The van der Waals surface area contributed by atoms with Gasteiger partial charge in [0.2, 0.25) is 0 Å². The number of nitrogens with one attached hydrogen (secondary N) is 2. The van der Waals surface area contributed by atoms with Crippen molar-refractivity contribution in [1.82, 2.24) is 25.5 Å². The maximum atomic E-state index is 14.9. The number of fused-ring (bicyclic) bond motifs is 1. The molecule has 1 aliphatic carbocycles. The molecule has 4 heterocycles. The number of benzene rings is 1. The van der Waals surface area contributed by atoms with Gasteiger partial charge in [0.1, 0.15) is 11.5 Å². The van der Waals surface area contributed by atoms with Gasteiger partial charge in [-0.25, -0.2) is 9.18 Å². The summed E-state index contributed by atoms with van der Waals surface area (Å²) in [4.78, 5) is 48.1. The zero-order valence-electron chi connectivity index (χ0n) is 23.1. The fraction of sp³-hybridized carbons (Fsp3) is 0.323. The minimum absolute atomic E-state index is 0.0669. The molecule has 0 unspecified atom stereocenters. The Labute approximate surface area is 246 Å². The second kappa shape index (κ2) is 11.8. The number of carbonyl (C=O) groups excluding carboxylic acids is 3. The van der Waals surface area contributed by atoms with Crippen LogP contribution in [0.1, 0.15) is 42.1 Å². The molecule has 42 heavy (non-hydrogen) atoms. The average molecular weight is 588 g/mol. The summed E-state index contributed by atoms with van der Waals surface area (Å²) in [5.74, 6) is 0.521. The number of pyridine rings is 2. The maximum absolute atomic E-state index is 14.9. The molecule has 6 rings (SSSR count). The van der Waals surface area contributed by atoms with E-state index >= 15 is 0 Å². The topological polar surface area (TPSA) is 114 Å². The Bertz CT molecular complexity index is 1650. The molecule has 1 saturated carbocycles. The van der Waals surface area contributed by atoms with Crippen molar-refractivity contribution < 1.29 is 23.5 Å². The van der Waals surface area contributed by atoms with Crippen LogP contribution in [-0.4, -0.2) is 58.3 Å². The number of ketones is 1. The number of likely N-dealkylation sites (tertiary alicyclic amines) is 1. The van der Waals surface area contributed by atoms with Crippen molar-refractivity contribution >= 4 is 39.3 Å². The van der Waals surface area contributed by atoms with Crippen LogP contribution in [0.3, 0.4) is 0 Å². The van der Waals surface area contributed by atoms with Gasteiger partial charge in [-0.15, -0.1) is 11.3 Å². The van der Waals surface area contributed by atoms with Crippen molar-refractivity contribution in [2.45, 2.75) is 38.6 Å². The number of rotatable bonds is 10. The number of Topliss-reactive ketones (excluding diaryl/α,β-unsaturated/α-hetero) is 1. The van der Waals surface area contributed by atoms with Crippen LogP contribution in [0.4, 0.5) is 9.18 Å². The van der Waals surface area contributed by atoms with Gasteiger partial charge in [-0.1, -0.05) is 6.07 Å². The number of aromatic nitrogens is 2. The number of hydrogen-bond donors (Lipinski definition) is 2. The number of thiophene rings is 1. The first-order valence-electron chi connectivity index (χ1n) is 14.0. The van der Waals surface area contributed by atoms with Gasteiger partial charge in [0.15, 0.2) is 11.6 Å². The molecular weight excluding hydrogens is 557 g/mol. The van der Waals surface area contributed by atoms with Crippen LogP contribution in [0.2, 0.25) is 0 Å². The lowest BCUT2D eigenvalue weighted by Gasteiger charge is -2.39. The Kier molecular flexibility index (Phi) is 7.84. The van der Waals surface area contributed by atoms with Crippen molar-refractivity contribution in [1.29, 1.82) is 0 Å². The molecule has 1 saturated heterocycles. The number of urea groups is 1. The highest BCUT2D eigenvalue weighted by Crippen LogP contribution is 2.39. The first kappa shape index (κ1) is 27.8. The molecule has 2 aliphatic rings. The highest BCUT2D eigenvalue weighted by atomic mass is 32.1. The standard InChI is InChI=1S/C31H30FN5O4S/c1-2-33-31(40)36-21-16-37(17-21)30(39)20-6-7-24(35-15-20)28-14-25-29(42-28)27(9-10-34-25)41-26-8-5-19(13-23(26)32)12-22(38)11-18-3-4-18/h5-10,13-15,18,21H,2-4,11-12,16-17H2,1H3,(H2,33,36,40). The molecule has 2 fully saturated rings. The third kappa shape index (κ3) is 6.25. The number of nitrogens with zero attached hydrogens (tertiary/aromatic N) is 3. The maximum Gasteiger partial charge on any atom is 0.315 e. The molecule has 9 nitrogen and oxygen atoms in total. The Morgan fingerprint density at radius 1 is 1.07 bits per heavy atom. The number of ether oxygens (including phenoxy) is 1. The van der Waals surface area contributed by atoms with Crippen LogP contribution < -0.4 is 15.4 Å². The summed E-state index contributed by atoms with van der Waals surface area (Å²) in [6, 6.07) is 11.4. The fourth-order valence-corrected chi connectivity index (χ4v) is 5.94. The third-order valence-corrected chi connectivity index (χ3v) is 8.47. The van der Waals surface area contributed by atoms with E-state index in [0.29, 0.717) is 60.1 Å². The van der Waals surface area contributed by atoms with Gasteiger partial charge >= 0.3 is 6.03 Å². The summed E-state index contributed by atoms with van der Waals surface area (Å²) in [5.41, 5.74) is 2.46. The number of halogens is 1. The quantitative estimate of drug-likeness (QED) is 0.259. The smallest absolute Gasteiger partial charge is 0.315 e. The van der Waals surface area contributed by atoms with E-state index in [1.165, 1.54) is 17.4 Å². The summed E-state index contributed by atoms with van der Waals surface area (Å²) in [6.07, 6.45) is 6.17. The second-order valence-corrected chi connectivity index (χ2v) is 11.8. The van der Waals surface area contributed by atoms with Gasteiger partial charge in [-0.2, -0.15) is 0 Å². The van der Waals surface area contributed by atoms with Crippen molar-refractivity contribution in [3.8, 4) is 22.1 Å². The van der Waals surface area contributed by atoms with Crippen LogP contribution in [-0.2, 0) is 11.2 Å². The molecule has 0 bridgehead atoms. The first-order chi connectivity index (χ1) is 20.4. The van der Waals surface area contributed by atoms with E-state index in [9.17, 15) is 18.8 Å². The van der Waals surface area contributed by atoms with Crippen molar-refractivity contribution in [2.24, 2.45) is 5.92 Å². The molecule has 3 aromatic heterocycles. The largest absolute Gasteiger partial charge is 0.453 e. The van der Waals surface area contributed by atoms with E-state index in [-0.39, 0.29) is 35.9 Å². The fourth-order valence-electron chi connectivity index (χ4n) is 4.90. The summed E-state index contributed by atoms with van der Waals surface area (Å²) in [6.45, 7) is 3.28.